The van der Waals surface area contributed by atoms with Gasteiger partial charge in [-0.1, -0.05) is 109 Å². The van der Waals surface area contributed by atoms with Crippen molar-refractivity contribution < 1.29 is 13.3 Å². The van der Waals surface area contributed by atoms with Gasteiger partial charge in [-0.15, -0.1) is 0 Å². The molecule has 0 N–H and O–H groups in total. The number of aromatic nitrogens is 3. The Labute approximate surface area is 331 Å². The predicted molar refractivity (Wildman–Crippen MR) is 233 cm³/mol. The summed E-state index contributed by atoms with van der Waals surface area (Å²) >= 11 is 0. The van der Waals surface area contributed by atoms with E-state index < -0.39 is 0 Å². The summed E-state index contributed by atoms with van der Waals surface area (Å²) in [6.07, 6.45) is 0. The van der Waals surface area contributed by atoms with E-state index in [-0.39, 0.29) is 0 Å². The van der Waals surface area contributed by atoms with Gasteiger partial charge in [0.25, 0.3) is 0 Å². The highest BCUT2D eigenvalue weighted by molar-refractivity contribution is 6.15. The maximum absolute atomic E-state index is 6.69. The Bertz CT molecular complexity index is 3360. The Morgan fingerprint density at radius 2 is 0.759 bits per heavy atom. The highest BCUT2D eigenvalue weighted by atomic mass is 16.3. The standard InChI is InChI=1S/C51H30N4O3/c1-3-12-31(13-4-1)49-52-50(32-14-5-2-6-15-32)54-51(53-49)33-22-25-40-45(28-33)58-44-21-11-18-41(48(40)44)55(34-23-26-38-36-16-7-9-19-42(36)56-46(38)29-34)35-24-27-39-37-17-8-10-20-43(37)57-47(39)30-35/h1-30H. The van der Waals surface area contributed by atoms with Crippen LogP contribution < -0.4 is 4.90 Å². The first-order valence-corrected chi connectivity index (χ1v) is 19.2. The summed E-state index contributed by atoms with van der Waals surface area (Å²) < 4.78 is 19.5. The minimum Gasteiger partial charge on any atom is -0.456 e. The molecule has 0 aliphatic carbocycles. The van der Waals surface area contributed by atoms with Gasteiger partial charge in [0.15, 0.2) is 17.5 Å². The molecule has 0 amide bonds. The van der Waals surface area contributed by atoms with Crippen LogP contribution in [0.4, 0.5) is 17.1 Å². The van der Waals surface area contributed by atoms with Gasteiger partial charge in [-0.05, 0) is 60.7 Å². The summed E-state index contributed by atoms with van der Waals surface area (Å²) in [5.41, 5.74) is 10.3. The van der Waals surface area contributed by atoms with E-state index in [1.54, 1.807) is 0 Å². The van der Waals surface area contributed by atoms with E-state index in [4.69, 9.17) is 28.2 Å². The van der Waals surface area contributed by atoms with Gasteiger partial charge in [-0.25, -0.2) is 15.0 Å². The molecule has 58 heavy (non-hydrogen) atoms. The Balaban J connectivity index is 1.05. The molecule has 0 radical (unpaired) electrons. The number of anilines is 3. The zero-order valence-electron chi connectivity index (χ0n) is 30.8. The molecule has 4 aromatic heterocycles. The number of rotatable bonds is 6. The van der Waals surface area contributed by atoms with Gasteiger partial charge >= 0.3 is 0 Å². The Morgan fingerprint density at radius 1 is 0.310 bits per heavy atom. The zero-order chi connectivity index (χ0) is 38.2. The molecule has 12 aromatic rings. The summed E-state index contributed by atoms with van der Waals surface area (Å²) in [4.78, 5) is 17.1. The minimum atomic E-state index is 0.565. The molecule has 0 fully saturated rings. The van der Waals surface area contributed by atoms with Crippen molar-refractivity contribution in [3.05, 3.63) is 182 Å². The summed E-state index contributed by atoms with van der Waals surface area (Å²) in [7, 11) is 0. The second-order valence-electron chi connectivity index (χ2n) is 14.4. The molecular formula is C51H30N4O3. The van der Waals surface area contributed by atoms with Crippen LogP contribution in [-0.2, 0) is 0 Å². The molecule has 7 nitrogen and oxygen atoms in total. The Hall–Kier alpha value is -8.03. The van der Waals surface area contributed by atoms with E-state index in [1.165, 1.54) is 0 Å². The molecule has 8 aromatic carbocycles. The number of hydrogen-bond donors (Lipinski definition) is 0. The molecule has 272 valence electrons. The summed E-state index contributed by atoms with van der Waals surface area (Å²) in [6, 6.07) is 61.6. The first kappa shape index (κ1) is 32.2. The molecule has 0 aliphatic rings. The molecule has 12 rings (SSSR count). The third-order valence-electron chi connectivity index (χ3n) is 10.9. The van der Waals surface area contributed by atoms with Gasteiger partial charge in [-0.3, -0.25) is 0 Å². The Morgan fingerprint density at radius 3 is 1.34 bits per heavy atom. The SMILES string of the molecule is c1ccc(-c2nc(-c3ccccc3)nc(-c3ccc4c(c3)oc3cccc(N(c5ccc6c(c5)oc5ccccc56)c5ccc6c(c5)oc5ccccc56)c34)n2)cc1. The van der Waals surface area contributed by atoms with Crippen molar-refractivity contribution in [3.63, 3.8) is 0 Å². The normalized spacial score (nSPS) is 11.8. The Kier molecular flexibility index (Phi) is 7.09. The summed E-state index contributed by atoms with van der Waals surface area (Å²) in [5, 5.41) is 6.25. The molecule has 0 saturated carbocycles. The second-order valence-corrected chi connectivity index (χ2v) is 14.4. The van der Waals surface area contributed by atoms with E-state index in [0.29, 0.717) is 17.5 Å². The van der Waals surface area contributed by atoms with Crippen molar-refractivity contribution in [3.8, 4) is 34.2 Å². The highest BCUT2D eigenvalue weighted by Gasteiger charge is 2.23. The van der Waals surface area contributed by atoms with Crippen LogP contribution in [0.15, 0.2) is 195 Å². The minimum absolute atomic E-state index is 0.565. The van der Waals surface area contributed by atoms with E-state index in [9.17, 15) is 0 Å². The fourth-order valence-electron chi connectivity index (χ4n) is 8.20. The molecule has 0 bridgehead atoms. The van der Waals surface area contributed by atoms with Gasteiger partial charge in [-0.2, -0.15) is 0 Å². The van der Waals surface area contributed by atoms with E-state index in [2.05, 4.69) is 71.6 Å². The third-order valence-corrected chi connectivity index (χ3v) is 10.9. The van der Waals surface area contributed by atoms with Crippen molar-refractivity contribution in [1.82, 2.24) is 15.0 Å². The lowest BCUT2D eigenvalue weighted by Crippen LogP contribution is -2.10. The number of para-hydroxylation sites is 2. The lowest BCUT2D eigenvalue weighted by molar-refractivity contribution is 0.669. The van der Waals surface area contributed by atoms with Crippen LogP contribution in [0.1, 0.15) is 0 Å². The number of nitrogens with zero attached hydrogens (tertiary/aromatic N) is 4. The van der Waals surface area contributed by atoms with Crippen LogP contribution in [0.3, 0.4) is 0 Å². The van der Waals surface area contributed by atoms with Gasteiger partial charge < -0.3 is 18.2 Å². The first-order chi connectivity index (χ1) is 28.7. The predicted octanol–water partition coefficient (Wildman–Crippen LogP) is 14.0. The van der Waals surface area contributed by atoms with Gasteiger partial charge in [0.1, 0.15) is 33.5 Å². The molecule has 0 spiro atoms. The second kappa shape index (κ2) is 12.8. The van der Waals surface area contributed by atoms with Crippen LogP contribution in [0, 0.1) is 0 Å². The lowest BCUT2D eigenvalue weighted by atomic mass is 10.0. The molecule has 7 heteroatoms. The maximum atomic E-state index is 6.69. The average molecular weight is 747 g/mol. The van der Waals surface area contributed by atoms with Gasteiger partial charge in [0.2, 0.25) is 0 Å². The zero-order valence-corrected chi connectivity index (χ0v) is 30.8. The first-order valence-electron chi connectivity index (χ1n) is 19.2. The van der Waals surface area contributed by atoms with Crippen LogP contribution in [0.5, 0.6) is 0 Å². The van der Waals surface area contributed by atoms with Crippen molar-refractivity contribution in [2.45, 2.75) is 0 Å². The van der Waals surface area contributed by atoms with E-state index >= 15 is 0 Å². The average Bonchev–Trinajstić information content (AvgIpc) is 3.97. The summed E-state index contributed by atoms with van der Waals surface area (Å²) in [6.45, 7) is 0. The van der Waals surface area contributed by atoms with Crippen LogP contribution in [-0.4, -0.2) is 15.0 Å². The quantitative estimate of drug-likeness (QED) is 0.168. The third kappa shape index (κ3) is 5.18. The van der Waals surface area contributed by atoms with E-state index in [1.807, 2.05) is 115 Å². The van der Waals surface area contributed by atoms with E-state index in [0.717, 1.165) is 99.6 Å². The molecule has 0 unspecified atom stereocenters. The summed E-state index contributed by atoms with van der Waals surface area (Å²) in [5.74, 6) is 1.78. The van der Waals surface area contributed by atoms with Gasteiger partial charge in [0.05, 0.1) is 11.1 Å². The monoisotopic (exact) mass is 746 g/mol. The molecule has 0 saturated heterocycles. The van der Waals surface area contributed by atoms with Crippen LogP contribution in [0.25, 0.3) is 100.0 Å². The topological polar surface area (TPSA) is 81.3 Å². The van der Waals surface area contributed by atoms with Gasteiger partial charge in [0, 0.05) is 67.1 Å². The van der Waals surface area contributed by atoms with Crippen LogP contribution in [0.2, 0.25) is 0 Å². The van der Waals surface area contributed by atoms with Crippen molar-refractivity contribution in [1.29, 1.82) is 0 Å². The lowest BCUT2D eigenvalue weighted by Gasteiger charge is -2.26. The van der Waals surface area contributed by atoms with Crippen LogP contribution >= 0.6 is 0 Å². The number of fused-ring (bicyclic) bond motifs is 9. The molecular weight excluding hydrogens is 717 g/mol. The highest BCUT2D eigenvalue weighted by Crippen LogP contribution is 2.46. The van der Waals surface area contributed by atoms with Crippen molar-refractivity contribution in [2.75, 3.05) is 4.90 Å². The number of hydrogen-bond acceptors (Lipinski definition) is 7. The van der Waals surface area contributed by atoms with Crippen molar-refractivity contribution in [2.24, 2.45) is 0 Å². The number of furan rings is 3. The number of benzene rings is 8. The fourth-order valence-corrected chi connectivity index (χ4v) is 8.20. The molecule has 0 atom stereocenters. The molecule has 0 aliphatic heterocycles. The largest absolute Gasteiger partial charge is 0.456 e. The fraction of sp³-hybridized carbons (Fsp3) is 0. The molecule has 4 heterocycles. The smallest absolute Gasteiger partial charge is 0.164 e. The maximum Gasteiger partial charge on any atom is 0.164 e. The van der Waals surface area contributed by atoms with Crippen molar-refractivity contribution >= 4 is 82.9 Å².